The van der Waals surface area contributed by atoms with Gasteiger partial charge in [0, 0.05) is 39.1 Å². The lowest BCUT2D eigenvalue weighted by Crippen LogP contribution is -2.29. The fraction of sp³-hybridized carbons (Fsp3) is 0.0566. The average Bonchev–Trinajstić information content (AvgIpc) is 3.66. The van der Waals surface area contributed by atoms with Crippen LogP contribution in [0.3, 0.4) is 0 Å². The van der Waals surface area contributed by atoms with Crippen LogP contribution in [0.25, 0.3) is 44.3 Å². The van der Waals surface area contributed by atoms with E-state index in [9.17, 15) is 0 Å². The van der Waals surface area contributed by atoms with Crippen molar-refractivity contribution < 1.29 is 4.42 Å². The van der Waals surface area contributed by atoms with Gasteiger partial charge in [0.2, 0.25) is 5.88 Å². The molecule has 0 amide bonds. The Morgan fingerprint density at radius 1 is 0.429 bits per heavy atom. The summed E-state index contributed by atoms with van der Waals surface area (Å²) in [5.41, 5.74) is 15.7. The molecule has 0 aliphatic carbocycles. The largest absolute Gasteiger partial charge is 0.439 e. The van der Waals surface area contributed by atoms with Crippen LogP contribution in [-0.4, -0.2) is 0 Å². The number of furan rings is 1. The highest BCUT2D eigenvalue weighted by Crippen LogP contribution is 2.56. The minimum atomic E-state index is -0.298. The van der Waals surface area contributed by atoms with Crippen LogP contribution < -0.4 is 9.80 Å². The number of hydrogen-bond donors (Lipinski definition) is 0. The molecule has 1 aromatic heterocycles. The Kier molecular flexibility index (Phi) is 8.15. The summed E-state index contributed by atoms with van der Waals surface area (Å²) in [6, 6.07) is 73.7. The van der Waals surface area contributed by atoms with Crippen molar-refractivity contribution in [1.29, 1.82) is 0 Å². The Hall–Kier alpha value is -7.10. The van der Waals surface area contributed by atoms with Gasteiger partial charge in [0.1, 0.15) is 5.58 Å². The van der Waals surface area contributed by atoms with E-state index < -0.39 is 0 Å². The molecule has 268 valence electrons. The first-order valence-corrected chi connectivity index (χ1v) is 19.3. The van der Waals surface area contributed by atoms with Gasteiger partial charge in [-0.2, -0.15) is 0 Å². The van der Waals surface area contributed by atoms with Crippen LogP contribution in [0.4, 0.5) is 34.3 Å². The van der Waals surface area contributed by atoms with E-state index in [1.807, 2.05) is 6.07 Å². The minimum Gasteiger partial charge on any atom is -0.439 e. The molecular weight excluding hydrogens is 681 g/mol. The van der Waals surface area contributed by atoms with Crippen molar-refractivity contribution in [1.82, 2.24) is 0 Å². The van der Waals surface area contributed by atoms with E-state index in [0.717, 1.165) is 45.3 Å². The Morgan fingerprint density at radius 2 is 0.857 bits per heavy atom. The summed E-state index contributed by atoms with van der Waals surface area (Å²) < 4.78 is 6.65. The predicted octanol–water partition coefficient (Wildman–Crippen LogP) is 15.0. The third kappa shape index (κ3) is 5.77. The Morgan fingerprint density at radius 3 is 1.39 bits per heavy atom. The lowest BCUT2D eigenvalue weighted by Gasteiger charge is -2.39. The topological polar surface area (TPSA) is 19.6 Å². The molecule has 0 radical (unpaired) electrons. The van der Waals surface area contributed by atoms with Crippen molar-refractivity contribution in [3.8, 4) is 33.4 Å². The molecular formula is C53H40N2O. The van der Waals surface area contributed by atoms with Gasteiger partial charge < -0.3 is 9.32 Å². The molecule has 0 saturated carbocycles. The van der Waals surface area contributed by atoms with Crippen LogP contribution in [0, 0.1) is 0 Å². The molecule has 0 spiro atoms. The van der Waals surface area contributed by atoms with E-state index in [2.05, 4.69) is 224 Å². The lowest BCUT2D eigenvalue weighted by molar-refractivity contribution is 0.571. The second-order valence-electron chi connectivity index (χ2n) is 15.0. The highest BCUT2D eigenvalue weighted by Gasteiger charge is 2.41. The summed E-state index contributed by atoms with van der Waals surface area (Å²) in [7, 11) is 0. The fourth-order valence-electron chi connectivity index (χ4n) is 8.40. The second-order valence-corrected chi connectivity index (χ2v) is 15.0. The zero-order valence-corrected chi connectivity index (χ0v) is 31.4. The maximum Gasteiger partial charge on any atom is 0.209 e. The second kappa shape index (κ2) is 13.6. The van der Waals surface area contributed by atoms with Gasteiger partial charge in [-0.25, -0.2) is 0 Å². The predicted molar refractivity (Wildman–Crippen MR) is 234 cm³/mol. The standard InChI is InChI=1S/C53H40N2O/c1-53(2)48-36-42(28-35-49(48)55(43-18-10-5-11-19-43)52-51(53)47-20-12-13-21-50(47)56-52)41-26-33-46(34-27-41)54(44-29-22-39(23-30-44)37-14-6-3-7-15-37)45-31-24-40(25-32-45)38-16-8-4-9-17-38/h3-36H,1-2H3. The van der Waals surface area contributed by atoms with Crippen LogP contribution >= 0.6 is 0 Å². The van der Waals surface area contributed by atoms with E-state index in [1.165, 1.54) is 44.5 Å². The first kappa shape index (κ1) is 33.5. The van der Waals surface area contributed by atoms with Crippen molar-refractivity contribution >= 4 is 45.3 Å². The molecule has 3 heteroatoms. The average molecular weight is 721 g/mol. The van der Waals surface area contributed by atoms with E-state index in [4.69, 9.17) is 4.42 Å². The Balaban J connectivity index is 1.04. The quantitative estimate of drug-likeness (QED) is 0.163. The molecule has 0 unspecified atom stereocenters. The zero-order valence-electron chi connectivity index (χ0n) is 31.4. The highest BCUT2D eigenvalue weighted by molar-refractivity contribution is 5.96. The summed E-state index contributed by atoms with van der Waals surface area (Å²) >= 11 is 0. The molecule has 1 aliphatic heterocycles. The maximum atomic E-state index is 6.65. The normalized spacial score (nSPS) is 12.9. The number of para-hydroxylation sites is 2. The zero-order chi connectivity index (χ0) is 37.6. The number of rotatable bonds is 7. The molecule has 1 aliphatic rings. The van der Waals surface area contributed by atoms with Crippen molar-refractivity contribution in [2.24, 2.45) is 0 Å². The van der Waals surface area contributed by atoms with Crippen molar-refractivity contribution in [3.63, 3.8) is 0 Å². The highest BCUT2D eigenvalue weighted by atomic mass is 16.4. The third-order valence-electron chi connectivity index (χ3n) is 11.3. The number of hydrogen-bond acceptors (Lipinski definition) is 3. The van der Waals surface area contributed by atoms with Gasteiger partial charge in [-0.3, -0.25) is 4.90 Å². The molecule has 8 aromatic carbocycles. The van der Waals surface area contributed by atoms with E-state index >= 15 is 0 Å². The minimum absolute atomic E-state index is 0.298. The fourth-order valence-corrected chi connectivity index (χ4v) is 8.40. The number of benzene rings is 8. The van der Waals surface area contributed by atoms with Crippen LogP contribution in [0.15, 0.2) is 211 Å². The van der Waals surface area contributed by atoms with Crippen LogP contribution in [-0.2, 0) is 5.41 Å². The summed E-state index contributed by atoms with van der Waals surface area (Å²) in [5, 5.41) is 1.16. The number of fused-ring (bicyclic) bond motifs is 4. The van der Waals surface area contributed by atoms with Crippen molar-refractivity contribution in [2.75, 3.05) is 9.80 Å². The van der Waals surface area contributed by atoms with E-state index in [1.54, 1.807) is 0 Å². The van der Waals surface area contributed by atoms with Gasteiger partial charge in [-0.05, 0) is 106 Å². The van der Waals surface area contributed by atoms with E-state index in [-0.39, 0.29) is 5.41 Å². The molecule has 2 heterocycles. The summed E-state index contributed by atoms with van der Waals surface area (Å²) in [6.45, 7) is 4.65. The van der Waals surface area contributed by atoms with Crippen LogP contribution in [0.1, 0.15) is 25.0 Å². The van der Waals surface area contributed by atoms with Crippen LogP contribution in [0.2, 0.25) is 0 Å². The van der Waals surface area contributed by atoms with Crippen molar-refractivity contribution in [3.05, 3.63) is 217 Å². The summed E-state index contributed by atoms with van der Waals surface area (Å²) in [4.78, 5) is 4.62. The molecule has 0 bridgehead atoms. The Labute approximate surface area is 328 Å². The van der Waals surface area contributed by atoms with E-state index in [0.29, 0.717) is 0 Å². The van der Waals surface area contributed by atoms with Gasteiger partial charge in [-0.15, -0.1) is 0 Å². The number of anilines is 6. The molecule has 56 heavy (non-hydrogen) atoms. The monoisotopic (exact) mass is 720 g/mol. The van der Waals surface area contributed by atoms with Gasteiger partial charge >= 0.3 is 0 Å². The molecule has 10 rings (SSSR count). The third-order valence-corrected chi connectivity index (χ3v) is 11.3. The summed E-state index contributed by atoms with van der Waals surface area (Å²) in [5.74, 6) is 0.890. The molecule has 0 saturated heterocycles. The molecule has 0 fully saturated rings. The van der Waals surface area contributed by atoms with Gasteiger partial charge in [0.25, 0.3) is 0 Å². The first-order valence-electron chi connectivity index (χ1n) is 19.3. The molecule has 0 N–H and O–H groups in total. The first-order chi connectivity index (χ1) is 27.5. The number of nitrogens with zero attached hydrogens (tertiary/aromatic N) is 2. The maximum absolute atomic E-state index is 6.65. The lowest BCUT2D eigenvalue weighted by atomic mass is 9.73. The Bertz CT molecular complexity index is 2700. The van der Waals surface area contributed by atoms with Gasteiger partial charge in [0.15, 0.2) is 0 Å². The smallest absolute Gasteiger partial charge is 0.209 e. The van der Waals surface area contributed by atoms with Gasteiger partial charge in [-0.1, -0.05) is 153 Å². The van der Waals surface area contributed by atoms with Crippen molar-refractivity contribution in [2.45, 2.75) is 19.3 Å². The SMILES string of the molecule is CC1(C)c2cc(-c3ccc(N(c4ccc(-c5ccccc5)cc4)c4ccc(-c5ccccc5)cc4)cc3)ccc2N(c2ccccc2)c2oc3ccccc3c21. The summed E-state index contributed by atoms with van der Waals surface area (Å²) in [6.07, 6.45) is 0. The molecule has 3 nitrogen and oxygen atoms in total. The molecule has 0 atom stereocenters. The molecule has 9 aromatic rings. The van der Waals surface area contributed by atoms with Crippen LogP contribution in [0.5, 0.6) is 0 Å². The van der Waals surface area contributed by atoms with Gasteiger partial charge in [0.05, 0.1) is 5.69 Å².